The second-order valence-corrected chi connectivity index (χ2v) is 5.20. The van der Waals surface area contributed by atoms with Gasteiger partial charge in [-0.3, -0.25) is 0 Å². The minimum absolute atomic E-state index is 0.156. The van der Waals surface area contributed by atoms with Crippen LogP contribution in [0.3, 0.4) is 0 Å². The Hall–Kier alpha value is -1.30. The van der Waals surface area contributed by atoms with Gasteiger partial charge in [-0.25, -0.2) is 14.8 Å². The number of carboxylic acid groups (broad SMARTS) is 1. The molecule has 0 aliphatic rings. The molecule has 0 spiro atoms. The molecule has 0 fully saturated rings. The number of thioether (sulfide) groups is 1. The zero-order valence-electron chi connectivity index (χ0n) is 11.2. The third-order valence-corrected chi connectivity index (χ3v) is 3.56. The topological polar surface area (TPSA) is 66.3 Å². The van der Waals surface area contributed by atoms with Crippen molar-refractivity contribution in [1.82, 2.24) is 9.97 Å². The SMILES string of the molecule is CSCCC(C)N(C)c1ncc(C(=O)O)c(C)n1. The number of carboxylic acids is 1. The van der Waals surface area contributed by atoms with Crippen molar-refractivity contribution >= 4 is 23.7 Å². The van der Waals surface area contributed by atoms with Crippen LogP contribution in [0.25, 0.3) is 0 Å². The second kappa shape index (κ2) is 6.58. The van der Waals surface area contributed by atoms with Crippen molar-refractivity contribution in [2.24, 2.45) is 0 Å². The zero-order chi connectivity index (χ0) is 13.7. The van der Waals surface area contributed by atoms with Crippen molar-refractivity contribution < 1.29 is 9.90 Å². The fraction of sp³-hybridized carbons (Fsp3) is 0.583. The van der Waals surface area contributed by atoms with E-state index >= 15 is 0 Å². The molecular formula is C12H19N3O2S. The summed E-state index contributed by atoms with van der Waals surface area (Å²) in [6.07, 6.45) is 4.49. The minimum Gasteiger partial charge on any atom is -0.478 e. The second-order valence-electron chi connectivity index (χ2n) is 4.22. The third kappa shape index (κ3) is 3.60. The molecule has 1 N–H and O–H groups in total. The van der Waals surface area contributed by atoms with Crippen LogP contribution < -0.4 is 4.90 Å². The van der Waals surface area contributed by atoms with Gasteiger partial charge >= 0.3 is 5.97 Å². The van der Waals surface area contributed by atoms with Gasteiger partial charge < -0.3 is 10.0 Å². The Balaban J connectivity index is 2.83. The highest BCUT2D eigenvalue weighted by Gasteiger charge is 2.15. The van der Waals surface area contributed by atoms with E-state index < -0.39 is 5.97 Å². The van der Waals surface area contributed by atoms with Crippen LogP contribution in [0.2, 0.25) is 0 Å². The molecule has 0 aliphatic carbocycles. The fourth-order valence-electron chi connectivity index (χ4n) is 1.51. The van der Waals surface area contributed by atoms with E-state index in [-0.39, 0.29) is 5.56 Å². The molecule has 0 radical (unpaired) electrons. The molecule has 1 aromatic heterocycles. The molecule has 0 bridgehead atoms. The molecule has 1 heterocycles. The fourth-order valence-corrected chi connectivity index (χ4v) is 2.09. The smallest absolute Gasteiger partial charge is 0.339 e. The van der Waals surface area contributed by atoms with Crippen LogP contribution in [0, 0.1) is 6.92 Å². The summed E-state index contributed by atoms with van der Waals surface area (Å²) in [6.45, 7) is 3.80. The standard InChI is InChI=1S/C12H19N3O2S/c1-8(5-6-18-4)15(3)12-13-7-10(11(16)17)9(2)14-12/h7-8H,5-6H2,1-4H3,(H,16,17). The summed E-state index contributed by atoms with van der Waals surface area (Å²) in [4.78, 5) is 21.2. The maximum absolute atomic E-state index is 10.9. The molecule has 100 valence electrons. The number of anilines is 1. The summed E-state index contributed by atoms with van der Waals surface area (Å²) < 4.78 is 0. The van der Waals surface area contributed by atoms with Gasteiger partial charge in [0, 0.05) is 19.3 Å². The first kappa shape index (κ1) is 14.8. The molecule has 0 aromatic carbocycles. The highest BCUT2D eigenvalue weighted by molar-refractivity contribution is 7.98. The molecule has 0 aliphatic heterocycles. The first-order valence-electron chi connectivity index (χ1n) is 5.76. The molecule has 18 heavy (non-hydrogen) atoms. The Labute approximate surface area is 112 Å². The Bertz CT molecular complexity index is 426. The van der Waals surface area contributed by atoms with Crippen LogP contribution in [0.1, 0.15) is 29.4 Å². The van der Waals surface area contributed by atoms with Gasteiger partial charge in [-0.15, -0.1) is 0 Å². The Morgan fingerprint density at radius 2 is 2.28 bits per heavy atom. The Morgan fingerprint density at radius 3 is 2.78 bits per heavy atom. The zero-order valence-corrected chi connectivity index (χ0v) is 12.0. The lowest BCUT2D eigenvalue weighted by molar-refractivity contribution is 0.0695. The highest BCUT2D eigenvalue weighted by atomic mass is 32.2. The quantitative estimate of drug-likeness (QED) is 0.852. The van der Waals surface area contributed by atoms with Gasteiger partial charge in [-0.2, -0.15) is 11.8 Å². The Morgan fingerprint density at radius 1 is 1.61 bits per heavy atom. The summed E-state index contributed by atoms with van der Waals surface area (Å²) >= 11 is 1.81. The van der Waals surface area contributed by atoms with Crippen LogP contribution in [-0.4, -0.2) is 46.1 Å². The van der Waals surface area contributed by atoms with Gasteiger partial charge in [-0.05, 0) is 32.3 Å². The molecule has 0 saturated heterocycles. The van der Waals surface area contributed by atoms with E-state index in [0.717, 1.165) is 12.2 Å². The van der Waals surface area contributed by atoms with Gasteiger partial charge in [-0.1, -0.05) is 0 Å². The van der Waals surface area contributed by atoms with Gasteiger partial charge in [0.05, 0.1) is 11.3 Å². The lowest BCUT2D eigenvalue weighted by Gasteiger charge is -2.25. The van der Waals surface area contributed by atoms with Crippen molar-refractivity contribution in [3.05, 3.63) is 17.5 Å². The maximum atomic E-state index is 10.9. The minimum atomic E-state index is -0.989. The molecule has 5 nitrogen and oxygen atoms in total. The predicted octanol–water partition coefficient (Wildman–Crippen LogP) is 2.06. The van der Waals surface area contributed by atoms with Gasteiger partial charge in [0.25, 0.3) is 0 Å². The maximum Gasteiger partial charge on any atom is 0.339 e. The molecule has 1 rings (SSSR count). The molecule has 1 unspecified atom stereocenters. The summed E-state index contributed by atoms with van der Waals surface area (Å²) in [5.74, 6) is 0.667. The van der Waals surface area contributed by atoms with Crippen molar-refractivity contribution in [3.63, 3.8) is 0 Å². The molecule has 1 aromatic rings. The van der Waals surface area contributed by atoms with E-state index in [2.05, 4.69) is 23.1 Å². The largest absolute Gasteiger partial charge is 0.478 e. The Kier molecular flexibility index (Phi) is 5.40. The number of aromatic carboxylic acids is 1. The third-order valence-electron chi connectivity index (χ3n) is 2.91. The van der Waals surface area contributed by atoms with Crippen LogP contribution in [0.5, 0.6) is 0 Å². The van der Waals surface area contributed by atoms with Gasteiger partial charge in [0.15, 0.2) is 0 Å². The number of hydrogen-bond acceptors (Lipinski definition) is 5. The monoisotopic (exact) mass is 269 g/mol. The first-order valence-corrected chi connectivity index (χ1v) is 7.15. The molecule has 1 atom stereocenters. The number of rotatable bonds is 6. The van der Waals surface area contributed by atoms with Crippen molar-refractivity contribution in [1.29, 1.82) is 0 Å². The van der Waals surface area contributed by atoms with E-state index in [9.17, 15) is 4.79 Å². The van der Waals surface area contributed by atoms with E-state index in [0.29, 0.717) is 17.7 Å². The number of aryl methyl sites for hydroxylation is 1. The van der Waals surface area contributed by atoms with E-state index in [1.54, 1.807) is 18.7 Å². The van der Waals surface area contributed by atoms with Crippen LogP contribution >= 0.6 is 11.8 Å². The number of carbonyl (C=O) groups is 1. The molecular weight excluding hydrogens is 250 g/mol. The summed E-state index contributed by atoms with van der Waals surface area (Å²) in [6, 6.07) is 0.326. The predicted molar refractivity (Wildman–Crippen MR) is 74.6 cm³/mol. The molecule has 0 saturated carbocycles. The lowest BCUT2D eigenvalue weighted by Crippen LogP contribution is -2.31. The highest BCUT2D eigenvalue weighted by Crippen LogP contribution is 2.15. The van der Waals surface area contributed by atoms with Crippen molar-refractivity contribution in [2.45, 2.75) is 26.3 Å². The first-order chi connectivity index (χ1) is 8.47. The normalized spacial score (nSPS) is 12.2. The number of aromatic nitrogens is 2. The number of nitrogens with zero attached hydrogens (tertiary/aromatic N) is 3. The molecule has 0 amide bonds. The number of hydrogen-bond donors (Lipinski definition) is 1. The van der Waals surface area contributed by atoms with Crippen LogP contribution in [-0.2, 0) is 0 Å². The van der Waals surface area contributed by atoms with Crippen LogP contribution in [0.4, 0.5) is 5.95 Å². The van der Waals surface area contributed by atoms with Gasteiger partial charge in [0.2, 0.25) is 5.95 Å². The van der Waals surface area contributed by atoms with Gasteiger partial charge in [0.1, 0.15) is 0 Å². The van der Waals surface area contributed by atoms with E-state index in [4.69, 9.17) is 5.11 Å². The van der Waals surface area contributed by atoms with Crippen molar-refractivity contribution in [3.8, 4) is 0 Å². The molecule has 6 heteroatoms. The average molecular weight is 269 g/mol. The van der Waals surface area contributed by atoms with E-state index in [1.165, 1.54) is 6.20 Å². The summed E-state index contributed by atoms with van der Waals surface area (Å²) in [7, 11) is 1.93. The summed E-state index contributed by atoms with van der Waals surface area (Å²) in [5, 5.41) is 8.92. The van der Waals surface area contributed by atoms with Crippen LogP contribution in [0.15, 0.2) is 6.20 Å². The van der Waals surface area contributed by atoms with Crippen molar-refractivity contribution in [2.75, 3.05) is 24.0 Å². The lowest BCUT2D eigenvalue weighted by atomic mass is 10.2. The summed E-state index contributed by atoms with van der Waals surface area (Å²) in [5.41, 5.74) is 0.653. The van der Waals surface area contributed by atoms with E-state index in [1.807, 2.05) is 11.9 Å². The average Bonchev–Trinajstić information content (AvgIpc) is 2.34.